The standard InChI is InChI=1S/C12H12N2O4/c15-10-6-5-9(11(16)14-10)13-8-3-1-7(2-4-8)12(17)18/h1-4,9,13H,5-6H2,(H,17,18)(H,14,15,16). The molecule has 2 rings (SSSR count). The predicted molar refractivity (Wildman–Crippen MR) is 63.2 cm³/mol. The molecule has 1 aromatic carbocycles. The van der Waals surface area contributed by atoms with Crippen LogP contribution in [0.15, 0.2) is 24.3 Å². The van der Waals surface area contributed by atoms with Gasteiger partial charge in [0.1, 0.15) is 6.04 Å². The number of aromatic carboxylic acids is 1. The zero-order valence-electron chi connectivity index (χ0n) is 9.47. The monoisotopic (exact) mass is 248 g/mol. The summed E-state index contributed by atoms with van der Waals surface area (Å²) >= 11 is 0. The minimum Gasteiger partial charge on any atom is -0.478 e. The average Bonchev–Trinajstić information content (AvgIpc) is 2.33. The number of piperidine rings is 1. The third-order valence-electron chi connectivity index (χ3n) is 2.71. The van der Waals surface area contributed by atoms with E-state index in [-0.39, 0.29) is 17.4 Å². The number of anilines is 1. The van der Waals surface area contributed by atoms with Crippen LogP contribution in [0.25, 0.3) is 0 Å². The summed E-state index contributed by atoms with van der Waals surface area (Å²) in [5.74, 6) is -1.62. The van der Waals surface area contributed by atoms with Gasteiger partial charge in [-0.1, -0.05) is 0 Å². The number of imide groups is 1. The lowest BCUT2D eigenvalue weighted by Crippen LogP contribution is -2.47. The van der Waals surface area contributed by atoms with Gasteiger partial charge in [0, 0.05) is 12.1 Å². The van der Waals surface area contributed by atoms with Crippen molar-refractivity contribution in [3.8, 4) is 0 Å². The van der Waals surface area contributed by atoms with Crippen molar-refractivity contribution in [3.05, 3.63) is 29.8 Å². The van der Waals surface area contributed by atoms with Gasteiger partial charge in [-0.2, -0.15) is 0 Å². The molecular formula is C12H12N2O4. The number of carbonyl (C=O) groups excluding carboxylic acids is 2. The summed E-state index contributed by atoms with van der Waals surface area (Å²) in [5.41, 5.74) is 0.832. The van der Waals surface area contributed by atoms with Gasteiger partial charge >= 0.3 is 5.97 Å². The lowest BCUT2D eigenvalue weighted by atomic mass is 10.1. The van der Waals surface area contributed by atoms with Crippen LogP contribution in [0.2, 0.25) is 0 Å². The quantitative estimate of drug-likeness (QED) is 0.681. The van der Waals surface area contributed by atoms with Gasteiger partial charge in [-0.3, -0.25) is 14.9 Å². The van der Waals surface area contributed by atoms with Crippen LogP contribution in [0.1, 0.15) is 23.2 Å². The van der Waals surface area contributed by atoms with Crippen molar-refractivity contribution in [1.82, 2.24) is 5.32 Å². The van der Waals surface area contributed by atoms with Gasteiger partial charge in [0.25, 0.3) is 0 Å². The number of nitrogens with one attached hydrogen (secondary N) is 2. The van der Waals surface area contributed by atoms with E-state index in [1.165, 1.54) is 12.1 Å². The molecule has 94 valence electrons. The maximum absolute atomic E-state index is 11.5. The van der Waals surface area contributed by atoms with Crippen LogP contribution in [0.4, 0.5) is 5.69 Å². The molecule has 1 aliphatic heterocycles. The highest BCUT2D eigenvalue weighted by Crippen LogP contribution is 2.14. The van der Waals surface area contributed by atoms with Crippen LogP contribution in [0.5, 0.6) is 0 Å². The fourth-order valence-corrected chi connectivity index (χ4v) is 1.74. The van der Waals surface area contributed by atoms with Crippen LogP contribution in [0.3, 0.4) is 0 Å². The number of carboxylic acids is 1. The number of benzene rings is 1. The van der Waals surface area contributed by atoms with E-state index in [0.717, 1.165) is 0 Å². The van der Waals surface area contributed by atoms with E-state index in [9.17, 15) is 14.4 Å². The van der Waals surface area contributed by atoms with Gasteiger partial charge in [0.15, 0.2) is 0 Å². The first-order valence-corrected chi connectivity index (χ1v) is 5.50. The Morgan fingerprint density at radius 2 is 1.94 bits per heavy atom. The van der Waals surface area contributed by atoms with Gasteiger partial charge in [0.2, 0.25) is 11.8 Å². The normalized spacial score (nSPS) is 19.2. The molecule has 0 radical (unpaired) electrons. The molecule has 1 aromatic rings. The van der Waals surface area contributed by atoms with Crippen LogP contribution in [-0.4, -0.2) is 28.9 Å². The molecule has 1 fully saturated rings. The summed E-state index contributed by atoms with van der Waals surface area (Å²) in [6, 6.07) is 5.63. The van der Waals surface area contributed by atoms with E-state index in [0.29, 0.717) is 18.5 Å². The number of hydrogen-bond donors (Lipinski definition) is 3. The second-order valence-electron chi connectivity index (χ2n) is 4.03. The first kappa shape index (κ1) is 12.1. The molecule has 1 aliphatic rings. The van der Waals surface area contributed by atoms with Crippen molar-refractivity contribution in [1.29, 1.82) is 0 Å². The van der Waals surface area contributed by atoms with Crippen LogP contribution < -0.4 is 10.6 Å². The van der Waals surface area contributed by atoms with E-state index in [4.69, 9.17) is 5.11 Å². The Kier molecular flexibility index (Phi) is 3.27. The van der Waals surface area contributed by atoms with Gasteiger partial charge in [0.05, 0.1) is 5.56 Å². The van der Waals surface area contributed by atoms with E-state index in [2.05, 4.69) is 10.6 Å². The molecule has 6 nitrogen and oxygen atoms in total. The molecule has 1 saturated heterocycles. The largest absolute Gasteiger partial charge is 0.478 e. The molecule has 1 atom stereocenters. The Labute approximate surface area is 103 Å². The van der Waals surface area contributed by atoms with Crippen LogP contribution >= 0.6 is 0 Å². The lowest BCUT2D eigenvalue weighted by Gasteiger charge is -2.22. The van der Waals surface area contributed by atoms with E-state index in [1.54, 1.807) is 12.1 Å². The molecule has 0 aromatic heterocycles. The molecule has 0 saturated carbocycles. The SMILES string of the molecule is O=C1CCC(Nc2ccc(C(=O)O)cc2)C(=O)N1. The van der Waals surface area contributed by atoms with Gasteiger partial charge in [-0.25, -0.2) is 4.79 Å². The molecular weight excluding hydrogens is 236 g/mol. The predicted octanol–water partition coefficient (Wildman–Crippen LogP) is 0.602. The number of carboxylic acid groups (broad SMARTS) is 1. The summed E-state index contributed by atoms with van der Waals surface area (Å²) in [5, 5.41) is 14.0. The summed E-state index contributed by atoms with van der Waals surface area (Å²) in [6.45, 7) is 0. The molecule has 18 heavy (non-hydrogen) atoms. The van der Waals surface area contributed by atoms with E-state index < -0.39 is 12.0 Å². The fourth-order valence-electron chi connectivity index (χ4n) is 1.74. The zero-order valence-corrected chi connectivity index (χ0v) is 9.47. The molecule has 6 heteroatoms. The van der Waals surface area contributed by atoms with Gasteiger partial charge < -0.3 is 10.4 Å². The van der Waals surface area contributed by atoms with Crippen molar-refractivity contribution in [2.24, 2.45) is 0 Å². The minimum absolute atomic E-state index is 0.184. The van der Waals surface area contributed by atoms with Crippen molar-refractivity contribution >= 4 is 23.5 Å². The Morgan fingerprint density at radius 3 is 2.50 bits per heavy atom. The summed E-state index contributed by atoms with van der Waals surface area (Å²) < 4.78 is 0. The molecule has 0 bridgehead atoms. The first-order chi connectivity index (χ1) is 8.56. The second-order valence-corrected chi connectivity index (χ2v) is 4.03. The van der Waals surface area contributed by atoms with Crippen LogP contribution in [-0.2, 0) is 9.59 Å². The fraction of sp³-hybridized carbons (Fsp3) is 0.250. The molecule has 0 spiro atoms. The molecule has 2 amide bonds. The summed E-state index contributed by atoms with van der Waals surface area (Å²) in [6.07, 6.45) is 0.738. The van der Waals surface area contributed by atoms with Crippen molar-refractivity contribution < 1.29 is 19.5 Å². The van der Waals surface area contributed by atoms with Gasteiger partial charge in [-0.05, 0) is 30.7 Å². The topological polar surface area (TPSA) is 95.5 Å². The van der Waals surface area contributed by atoms with E-state index >= 15 is 0 Å². The Hall–Kier alpha value is -2.37. The highest BCUT2D eigenvalue weighted by molar-refractivity contribution is 6.01. The lowest BCUT2D eigenvalue weighted by molar-refractivity contribution is -0.133. The first-order valence-electron chi connectivity index (χ1n) is 5.50. The zero-order chi connectivity index (χ0) is 13.1. The number of carbonyl (C=O) groups is 3. The molecule has 1 unspecified atom stereocenters. The average molecular weight is 248 g/mol. The number of rotatable bonds is 3. The molecule has 3 N–H and O–H groups in total. The number of amides is 2. The highest BCUT2D eigenvalue weighted by atomic mass is 16.4. The maximum atomic E-state index is 11.5. The van der Waals surface area contributed by atoms with E-state index in [1.807, 2.05) is 0 Å². The summed E-state index contributed by atoms with van der Waals surface area (Å²) in [4.78, 5) is 33.1. The second kappa shape index (κ2) is 4.87. The minimum atomic E-state index is -0.998. The Morgan fingerprint density at radius 1 is 1.28 bits per heavy atom. The smallest absolute Gasteiger partial charge is 0.335 e. The Balaban J connectivity index is 2.03. The van der Waals surface area contributed by atoms with Crippen molar-refractivity contribution in [2.75, 3.05) is 5.32 Å². The summed E-state index contributed by atoms with van der Waals surface area (Å²) in [7, 11) is 0. The van der Waals surface area contributed by atoms with Crippen molar-refractivity contribution in [3.63, 3.8) is 0 Å². The van der Waals surface area contributed by atoms with Gasteiger partial charge in [-0.15, -0.1) is 0 Å². The maximum Gasteiger partial charge on any atom is 0.335 e. The molecule has 1 heterocycles. The van der Waals surface area contributed by atoms with Crippen molar-refractivity contribution in [2.45, 2.75) is 18.9 Å². The molecule has 0 aliphatic carbocycles. The Bertz CT molecular complexity index is 495. The third-order valence-corrected chi connectivity index (χ3v) is 2.71. The highest BCUT2D eigenvalue weighted by Gasteiger charge is 2.26. The van der Waals surface area contributed by atoms with Crippen LogP contribution in [0, 0.1) is 0 Å². The number of hydrogen-bond acceptors (Lipinski definition) is 4. The third kappa shape index (κ3) is 2.65.